The molecule has 1 amide bonds. The maximum absolute atomic E-state index is 12.8. The van der Waals surface area contributed by atoms with Gasteiger partial charge in [-0.1, -0.05) is 11.6 Å². The summed E-state index contributed by atoms with van der Waals surface area (Å²) in [6.45, 7) is 5.20. The van der Waals surface area contributed by atoms with Crippen LogP contribution in [0.15, 0.2) is 29.6 Å². The van der Waals surface area contributed by atoms with E-state index in [9.17, 15) is 4.79 Å². The molecule has 6 nitrogen and oxygen atoms in total. The summed E-state index contributed by atoms with van der Waals surface area (Å²) >= 11 is 7.50. The van der Waals surface area contributed by atoms with Gasteiger partial charge in [0.1, 0.15) is 5.69 Å². The van der Waals surface area contributed by atoms with Crippen LogP contribution < -0.4 is 0 Å². The second-order valence-electron chi connectivity index (χ2n) is 5.97. The number of carbonyl (C=O) groups excluding carboxylic acids is 1. The molecule has 8 heteroatoms. The van der Waals surface area contributed by atoms with Gasteiger partial charge in [-0.15, -0.1) is 21.5 Å². The van der Waals surface area contributed by atoms with Crippen molar-refractivity contribution in [3.63, 3.8) is 0 Å². The van der Waals surface area contributed by atoms with Crippen LogP contribution in [0, 0.1) is 6.92 Å². The average molecular weight is 374 g/mol. The summed E-state index contributed by atoms with van der Waals surface area (Å²) in [6, 6.07) is 6.81. The van der Waals surface area contributed by atoms with Crippen LogP contribution in [-0.2, 0) is 6.54 Å². The average Bonchev–Trinajstić information content (AvgIpc) is 3.21. The summed E-state index contributed by atoms with van der Waals surface area (Å²) < 4.78 is 2.06. The van der Waals surface area contributed by atoms with Crippen LogP contribution in [0.1, 0.15) is 34.2 Å². The lowest BCUT2D eigenvalue weighted by Gasteiger charge is -2.33. The molecule has 2 aromatic heterocycles. The number of fused-ring (bicyclic) bond motifs is 1. The van der Waals surface area contributed by atoms with Crippen molar-refractivity contribution in [1.29, 1.82) is 0 Å². The Balaban J connectivity index is 1.63. The van der Waals surface area contributed by atoms with Crippen LogP contribution in [0.4, 0.5) is 0 Å². The molecule has 0 fully saturated rings. The number of nitrogens with zero attached hydrogens (tertiary/aromatic N) is 5. The van der Waals surface area contributed by atoms with Crippen molar-refractivity contribution in [1.82, 2.24) is 24.6 Å². The molecule has 1 atom stereocenters. The first-order valence-electron chi connectivity index (χ1n) is 7.96. The highest BCUT2D eigenvalue weighted by atomic mass is 35.5. The van der Waals surface area contributed by atoms with Crippen molar-refractivity contribution >= 4 is 28.8 Å². The van der Waals surface area contributed by atoms with Gasteiger partial charge in [-0.2, -0.15) is 0 Å². The number of halogens is 1. The Morgan fingerprint density at radius 3 is 2.68 bits per heavy atom. The largest absolute Gasteiger partial charge is 0.327 e. The van der Waals surface area contributed by atoms with Gasteiger partial charge >= 0.3 is 0 Å². The molecule has 3 heterocycles. The summed E-state index contributed by atoms with van der Waals surface area (Å²) in [5, 5.41) is 12.2. The fourth-order valence-corrected chi connectivity index (χ4v) is 3.79. The van der Waals surface area contributed by atoms with Crippen LogP contribution in [0.3, 0.4) is 0 Å². The van der Waals surface area contributed by atoms with Gasteiger partial charge < -0.3 is 9.47 Å². The van der Waals surface area contributed by atoms with E-state index in [2.05, 4.69) is 19.7 Å². The second kappa shape index (κ2) is 6.24. The molecule has 0 saturated carbocycles. The number of amides is 1. The summed E-state index contributed by atoms with van der Waals surface area (Å²) in [4.78, 5) is 19.1. The van der Waals surface area contributed by atoms with Crippen molar-refractivity contribution in [2.75, 3.05) is 6.54 Å². The van der Waals surface area contributed by atoms with E-state index in [4.69, 9.17) is 11.6 Å². The normalized spacial score (nSPS) is 16.8. The molecule has 0 N–H and O–H groups in total. The lowest BCUT2D eigenvalue weighted by atomic mass is 10.1. The molecule has 0 bridgehead atoms. The molecule has 3 aromatic rings. The molecule has 0 spiro atoms. The van der Waals surface area contributed by atoms with Gasteiger partial charge in [0.15, 0.2) is 11.6 Å². The molecule has 25 heavy (non-hydrogen) atoms. The fraction of sp³-hybridized carbons (Fsp3) is 0.294. The number of benzene rings is 1. The van der Waals surface area contributed by atoms with E-state index in [-0.39, 0.29) is 11.9 Å². The van der Waals surface area contributed by atoms with Gasteiger partial charge in [-0.3, -0.25) is 4.79 Å². The van der Waals surface area contributed by atoms with Crippen LogP contribution in [0.25, 0.3) is 11.5 Å². The third kappa shape index (κ3) is 2.83. The summed E-state index contributed by atoms with van der Waals surface area (Å²) in [5.74, 6) is 1.53. The molecule has 128 valence electrons. The molecule has 1 aromatic carbocycles. The van der Waals surface area contributed by atoms with E-state index in [1.807, 2.05) is 24.1 Å². The van der Waals surface area contributed by atoms with Crippen molar-refractivity contribution in [2.45, 2.75) is 26.4 Å². The third-order valence-corrected chi connectivity index (χ3v) is 5.41. The Morgan fingerprint density at radius 2 is 2.00 bits per heavy atom. The first-order valence-corrected chi connectivity index (χ1v) is 9.22. The minimum atomic E-state index is -0.155. The second-order valence-corrected chi connectivity index (χ2v) is 7.47. The van der Waals surface area contributed by atoms with Crippen molar-refractivity contribution in [3.05, 3.63) is 51.1 Å². The van der Waals surface area contributed by atoms with E-state index in [0.29, 0.717) is 23.7 Å². The predicted octanol–water partition coefficient (Wildman–Crippen LogP) is 3.58. The van der Waals surface area contributed by atoms with Gasteiger partial charge in [-0.05, 0) is 38.1 Å². The predicted molar refractivity (Wildman–Crippen MR) is 96.8 cm³/mol. The van der Waals surface area contributed by atoms with Gasteiger partial charge in [-0.25, -0.2) is 4.98 Å². The summed E-state index contributed by atoms with van der Waals surface area (Å²) in [5.41, 5.74) is 1.46. The van der Waals surface area contributed by atoms with Crippen LogP contribution in [-0.4, -0.2) is 37.1 Å². The van der Waals surface area contributed by atoms with E-state index in [1.54, 1.807) is 35.6 Å². The number of carbonyl (C=O) groups is 1. The maximum Gasteiger partial charge on any atom is 0.254 e. The third-order valence-electron chi connectivity index (χ3n) is 4.39. The molecular weight excluding hydrogens is 358 g/mol. The van der Waals surface area contributed by atoms with Gasteiger partial charge in [0.05, 0.1) is 11.0 Å². The van der Waals surface area contributed by atoms with Crippen LogP contribution in [0.5, 0.6) is 0 Å². The summed E-state index contributed by atoms with van der Waals surface area (Å²) in [7, 11) is 0. The standard InChI is InChI=1S/C17H16ClN5OS/c1-10-15-20-21-16(14-9-25-11(2)19-14)23(15)8-7-22(10)17(24)12-3-5-13(18)6-4-12/h3-6,9-10H,7-8H2,1-2H3/t10-/m1/s1. The zero-order valence-electron chi connectivity index (χ0n) is 13.8. The highest BCUT2D eigenvalue weighted by molar-refractivity contribution is 7.09. The monoisotopic (exact) mass is 373 g/mol. The Bertz CT molecular complexity index is 933. The number of aryl methyl sites for hydroxylation is 1. The Labute approximate surface area is 154 Å². The van der Waals surface area contributed by atoms with Gasteiger partial charge in [0, 0.05) is 29.1 Å². The smallest absolute Gasteiger partial charge is 0.254 e. The maximum atomic E-state index is 12.8. The molecule has 0 aliphatic carbocycles. The van der Waals surface area contributed by atoms with Crippen molar-refractivity contribution in [3.8, 4) is 11.5 Å². The van der Waals surface area contributed by atoms with E-state index in [0.717, 1.165) is 22.4 Å². The van der Waals surface area contributed by atoms with E-state index < -0.39 is 0 Å². The molecule has 0 radical (unpaired) electrons. The van der Waals surface area contributed by atoms with Gasteiger partial charge in [0.25, 0.3) is 5.91 Å². The zero-order valence-corrected chi connectivity index (χ0v) is 15.4. The molecule has 0 saturated heterocycles. The Kier molecular flexibility index (Phi) is 4.05. The number of thiazole rings is 1. The zero-order chi connectivity index (χ0) is 17.6. The minimum absolute atomic E-state index is 0.0236. The SMILES string of the molecule is Cc1nc(-c2nnc3n2CCN(C(=O)c2ccc(Cl)cc2)[C@@H]3C)cs1. The Morgan fingerprint density at radius 1 is 1.24 bits per heavy atom. The number of rotatable bonds is 2. The molecule has 1 aliphatic heterocycles. The molecule has 1 aliphatic rings. The fourth-order valence-electron chi connectivity index (χ4n) is 3.08. The highest BCUT2D eigenvalue weighted by Gasteiger charge is 2.32. The molecule has 0 unspecified atom stereocenters. The number of hydrogen-bond acceptors (Lipinski definition) is 5. The van der Waals surface area contributed by atoms with E-state index in [1.165, 1.54) is 0 Å². The molecule has 4 rings (SSSR count). The first-order chi connectivity index (χ1) is 12.0. The lowest BCUT2D eigenvalue weighted by Crippen LogP contribution is -2.41. The van der Waals surface area contributed by atoms with Crippen molar-refractivity contribution < 1.29 is 4.79 Å². The van der Waals surface area contributed by atoms with Crippen LogP contribution >= 0.6 is 22.9 Å². The Hall–Kier alpha value is -2.25. The van der Waals surface area contributed by atoms with E-state index >= 15 is 0 Å². The highest BCUT2D eigenvalue weighted by Crippen LogP contribution is 2.30. The molecular formula is C17H16ClN5OS. The quantitative estimate of drug-likeness (QED) is 0.688. The van der Waals surface area contributed by atoms with Gasteiger partial charge in [0.2, 0.25) is 0 Å². The number of hydrogen-bond donors (Lipinski definition) is 0. The van der Waals surface area contributed by atoms with Crippen molar-refractivity contribution in [2.24, 2.45) is 0 Å². The first kappa shape index (κ1) is 16.2. The number of aromatic nitrogens is 4. The lowest BCUT2D eigenvalue weighted by molar-refractivity contribution is 0.0638. The minimum Gasteiger partial charge on any atom is -0.327 e. The summed E-state index contributed by atoms with van der Waals surface area (Å²) in [6.07, 6.45) is 0. The van der Waals surface area contributed by atoms with Crippen LogP contribution in [0.2, 0.25) is 5.02 Å². The topological polar surface area (TPSA) is 63.9 Å².